The number of nitrogens with one attached hydrogen (secondary N) is 3. The summed E-state index contributed by atoms with van der Waals surface area (Å²) in [5.41, 5.74) is 0. The van der Waals surface area contributed by atoms with Gasteiger partial charge in [0, 0.05) is 32.2 Å². The smallest absolute Gasteiger partial charge is 0.219 e. The Kier molecular flexibility index (Phi) is 18.7. The first-order chi connectivity index (χ1) is 12.6. The van der Waals surface area contributed by atoms with Crippen LogP contribution in [-0.2, 0) is 4.79 Å². The Labute approximate surface area is 164 Å². The van der Waals surface area contributed by atoms with Gasteiger partial charge in [-0.3, -0.25) is 4.79 Å². The molecule has 0 radical (unpaired) electrons. The van der Waals surface area contributed by atoms with Gasteiger partial charge >= 0.3 is 0 Å². The average molecular weight is 372 g/mol. The molecule has 0 aliphatic heterocycles. The molecule has 0 rings (SSSR count). The van der Waals surface area contributed by atoms with Gasteiger partial charge in [-0.1, -0.05) is 58.3 Å². The lowest BCUT2D eigenvalue weighted by molar-refractivity contribution is -0.881. The molecule has 1 unspecified atom stereocenters. The molecule has 0 heterocycles. The van der Waals surface area contributed by atoms with Gasteiger partial charge in [0.25, 0.3) is 0 Å². The molecule has 0 bridgehead atoms. The van der Waals surface area contributed by atoms with Gasteiger partial charge in [0.15, 0.2) is 0 Å². The van der Waals surface area contributed by atoms with E-state index in [2.05, 4.69) is 33.4 Å². The fourth-order valence-electron chi connectivity index (χ4n) is 3.33. The van der Waals surface area contributed by atoms with E-state index in [-0.39, 0.29) is 5.91 Å². The van der Waals surface area contributed by atoms with E-state index in [4.69, 9.17) is 0 Å². The van der Waals surface area contributed by atoms with Crippen LogP contribution in [0.4, 0.5) is 0 Å². The van der Waals surface area contributed by atoms with Gasteiger partial charge in [-0.25, -0.2) is 0 Å². The molecule has 26 heavy (non-hydrogen) atoms. The molecule has 156 valence electrons. The first kappa shape index (κ1) is 25.4. The maximum atomic E-state index is 11.8. The minimum absolute atomic E-state index is 0.250. The topological polar surface area (TPSA) is 38.0 Å². The predicted octanol–water partition coefficient (Wildman–Crippen LogP) is 1.85. The molecule has 0 aromatic heterocycles. The second-order valence-corrected chi connectivity index (χ2v) is 8.40. The Bertz CT molecular complexity index is 308. The van der Waals surface area contributed by atoms with Gasteiger partial charge < -0.3 is 15.1 Å². The van der Waals surface area contributed by atoms with E-state index in [1.54, 1.807) is 4.90 Å². The van der Waals surface area contributed by atoms with Crippen molar-refractivity contribution in [2.75, 3.05) is 47.3 Å². The highest BCUT2D eigenvalue weighted by Crippen LogP contribution is 2.10. The summed E-state index contributed by atoms with van der Waals surface area (Å²) in [4.78, 5) is 15.0. The molecule has 0 aliphatic carbocycles. The lowest BCUT2D eigenvalue weighted by atomic mass is 10.1. The molecule has 0 aromatic carbocycles. The van der Waals surface area contributed by atoms with Crippen LogP contribution in [0.25, 0.3) is 0 Å². The van der Waals surface area contributed by atoms with Crippen molar-refractivity contribution in [2.24, 2.45) is 0 Å². The molecule has 0 fully saturated rings. The van der Waals surface area contributed by atoms with Crippen LogP contribution in [0.15, 0.2) is 0 Å². The summed E-state index contributed by atoms with van der Waals surface area (Å²) in [5.74, 6) is 0.250. The van der Waals surface area contributed by atoms with Crippen molar-refractivity contribution in [2.45, 2.75) is 90.4 Å². The summed E-state index contributed by atoms with van der Waals surface area (Å²) in [6, 6.07) is 0. The van der Waals surface area contributed by atoms with Crippen LogP contribution < -0.4 is 15.1 Å². The largest absolute Gasteiger partial charge is 0.356 e. The quantitative estimate of drug-likeness (QED) is 0.298. The number of rotatable bonds is 19. The van der Waals surface area contributed by atoms with Crippen molar-refractivity contribution in [3.63, 3.8) is 0 Å². The first-order valence-corrected chi connectivity index (χ1v) is 11.4. The van der Waals surface area contributed by atoms with Crippen LogP contribution in [0.3, 0.4) is 0 Å². The summed E-state index contributed by atoms with van der Waals surface area (Å²) in [5, 5.41) is 3.09. The van der Waals surface area contributed by atoms with Crippen molar-refractivity contribution in [1.82, 2.24) is 5.32 Å². The van der Waals surface area contributed by atoms with Crippen LogP contribution in [0.5, 0.6) is 0 Å². The maximum absolute atomic E-state index is 11.8. The van der Waals surface area contributed by atoms with Gasteiger partial charge in [-0.2, -0.15) is 0 Å². The summed E-state index contributed by atoms with van der Waals surface area (Å²) in [6.07, 6.45) is 16.2. The molecule has 1 atom stereocenters. The number of carbonyl (C=O) groups excluding carboxylic acids is 1. The fourth-order valence-corrected chi connectivity index (χ4v) is 3.33. The average Bonchev–Trinajstić information content (AvgIpc) is 2.61. The van der Waals surface area contributed by atoms with Crippen LogP contribution >= 0.6 is 0 Å². The lowest BCUT2D eigenvalue weighted by Crippen LogP contribution is -3.09. The van der Waals surface area contributed by atoms with Crippen molar-refractivity contribution >= 4 is 5.91 Å². The van der Waals surface area contributed by atoms with Gasteiger partial charge in [0.05, 0.1) is 40.8 Å². The third-order valence-electron chi connectivity index (χ3n) is 5.14. The molecular formula is C22H49N3O+2. The van der Waals surface area contributed by atoms with Gasteiger partial charge in [0.1, 0.15) is 0 Å². The van der Waals surface area contributed by atoms with Gasteiger partial charge in [0.2, 0.25) is 5.91 Å². The lowest BCUT2D eigenvalue weighted by Gasteiger charge is -2.14. The fraction of sp³-hybridized carbons (Fsp3) is 0.955. The standard InChI is InChI=1S/C22H47N3O/c1-5-6-7-8-9-10-11-12-13-17-22(26)23-18-16-21-25(4)20-15-14-19-24(2)3/h5-21H2,1-4H3,(H,23,26)/p+2. The summed E-state index contributed by atoms with van der Waals surface area (Å²) in [6.45, 7) is 6.78. The SMILES string of the molecule is CCCCCCCCCCCC(=O)NCCC[NH+](C)CCCC[NH+](C)C. The summed E-state index contributed by atoms with van der Waals surface area (Å²) in [7, 11) is 6.70. The number of carbonyl (C=O) groups is 1. The van der Waals surface area contributed by atoms with E-state index >= 15 is 0 Å². The van der Waals surface area contributed by atoms with Gasteiger partial charge in [-0.15, -0.1) is 0 Å². The third-order valence-corrected chi connectivity index (χ3v) is 5.14. The monoisotopic (exact) mass is 371 g/mol. The highest BCUT2D eigenvalue weighted by atomic mass is 16.1. The second-order valence-electron chi connectivity index (χ2n) is 8.40. The Morgan fingerprint density at radius 1 is 0.692 bits per heavy atom. The molecule has 0 spiro atoms. The molecule has 0 saturated heterocycles. The van der Waals surface area contributed by atoms with Crippen molar-refractivity contribution in [3.8, 4) is 0 Å². The molecule has 0 aromatic rings. The predicted molar refractivity (Wildman–Crippen MR) is 113 cm³/mol. The number of hydrogen-bond acceptors (Lipinski definition) is 1. The zero-order chi connectivity index (χ0) is 19.5. The zero-order valence-corrected chi connectivity index (χ0v) is 18.4. The zero-order valence-electron chi connectivity index (χ0n) is 18.4. The highest BCUT2D eigenvalue weighted by molar-refractivity contribution is 5.75. The Balaban J connectivity index is 3.31. The number of quaternary nitrogens is 2. The van der Waals surface area contributed by atoms with Crippen molar-refractivity contribution in [1.29, 1.82) is 0 Å². The molecule has 1 amide bonds. The molecule has 0 saturated carbocycles. The number of amides is 1. The molecule has 4 nitrogen and oxygen atoms in total. The minimum atomic E-state index is 0.250. The highest BCUT2D eigenvalue weighted by Gasteiger charge is 2.04. The van der Waals surface area contributed by atoms with E-state index in [1.807, 2.05) is 0 Å². The second kappa shape index (κ2) is 19.2. The molecular weight excluding hydrogens is 322 g/mol. The van der Waals surface area contributed by atoms with Gasteiger partial charge in [-0.05, 0) is 6.42 Å². The minimum Gasteiger partial charge on any atom is -0.356 e. The van der Waals surface area contributed by atoms with Crippen molar-refractivity contribution in [3.05, 3.63) is 0 Å². The molecule has 4 heteroatoms. The Hall–Kier alpha value is -0.610. The van der Waals surface area contributed by atoms with E-state index in [9.17, 15) is 4.79 Å². The number of unbranched alkanes of at least 4 members (excludes halogenated alkanes) is 9. The molecule has 3 N–H and O–H groups in total. The van der Waals surface area contributed by atoms with Crippen LogP contribution in [0.2, 0.25) is 0 Å². The molecule has 0 aliphatic rings. The third kappa shape index (κ3) is 19.7. The summed E-state index contributed by atoms with van der Waals surface area (Å²) >= 11 is 0. The number of hydrogen-bond donors (Lipinski definition) is 3. The normalized spacial score (nSPS) is 12.5. The Morgan fingerprint density at radius 3 is 1.85 bits per heavy atom. The van der Waals surface area contributed by atoms with Crippen LogP contribution in [-0.4, -0.2) is 53.2 Å². The van der Waals surface area contributed by atoms with E-state index < -0.39 is 0 Å². The van der Waals surface area contributed by atoms with Crippen molar-refractivity contribution < 1.29 is 14.6 Å². The van der Waals surface area contributed by atoms with Crippen LogP contribution in [0, 0.1) is 0 Å². The Morgan fingerprint density at radius 2 is 1.23 bits per heavy atom. The van der Waals surface area contributed by atoms with E-state index in [0.717, 1.165) is 25.9 Å². The maximum Gasteiger partial charge on any atom is 0.219 e. The van der Waals surface area contributed by atoms with E-state index in [1.165, 1.54) is 82.2 Å². The summed E-state index contributed by atoms with van der Waals surface area (Å²) < 4.78 is 0. The first-order valence-electron chi connectivity index (χ1n) is 11.4. The van der Waals surface area contributed by atoms with Crippen LogP contribution in [0.1, 0.15) is 90.4 Å². The van der Waals surface area contributed by atoms with E-state index in [0.29, 0.717) is 6.42 Å².